The summed E-state index contributed by atoms with van der Waals surface area (Å²) in [6, 6.07) is 11.5. The Bertz CT molecular complexity index is 593. The topological polar surface area (TPSA) is 12.0 Å². The average Bonchev–Trinajstić information content (AvgIpc) is 2.39. The standard InChI is InChI=1S/C16H17BrFN/c1-10-7-8-11(2)13(9-10)16(19-3)12-5-4-6-14(18)15(12)17/h4-9,16,19H,1-3H3. The van der Waals surface area contributed by atoms with E-state index in [0.717, 1.165) is 5.56 Å². The van der Waals surface area contributed by atoms with Crippen LogP contribution in [-0.4, -0.2) is 7.05 Å². The molecule has 2 aromatic carbocycles. The first-order chi connectivity index (χ1) is 9.04. The van der Waals surface area contributed by atoms with Gasteiger partial charge in [0.05, 0.1) is 10.5 Å². The summed E-state index contributed by atoms with van der Waals surface area (Å²) in [5.41, 5.74) is 4.49. The van der Waals surface area contributed by atoms with Gasteiger partial charge in [0, 0.05) is 0 Å². The molecule has 0 spiro atoms. The monoisotopic (exact) mass is 321 g/mol. The van der Waals surface area contributed by atoms with Crippen molar-refractivity contribution in [1.82, 2.24) is 5.32 Å². The fourth-order valence-corrected chi connectivity index (χ4v) is 2.79. The number of halogens is 2. The molecule has 0 aliphatic heterocycles. The van der Waals surface area contributed by atoms with E-state index in [2.05, 4.69) is 53.3 Å². The van der Waals surface area contributed by atoms with Crippen molar-refractivity contribution >= 4 is 15.9 Å². The van der Waals surface area contributed by atoms with Gasteiger partial charge in [-0.05, 0) is 59.6 Å². The van der Waals surface area contributed by atoms with Crippen LogP contribution in [0.5, 0.6) is 0 Å². The number of rotatable bonds is 3. The van der Waals surface area contributed by atoms with Gasteiger partial charge in [0.15, 0.2) is 0 Å². The Morgan fingerprint density at radius 1 is 1.11 bits per heavy atom. The molecule has 0 aromatic heterocycles. The SMILES string of the molecule is CNC(c1cc(C)ccc1C)c1cccc(F)c1Br. The first-order valence-corrected chi connectivity index (χ1v) is 7.02. The highest BCUT2D eigenvalue weighted by Crippen LogP contribution is 2.32. The lowest BCUT2D eigenvalue weighted by atomic mass is 9.93. The summed E-state index contributed by atoms with van der Waals surface area (Å²) in [5, 5.41) is 3.27. The second-order valence-corrected chi connectivity index (χ2v) is 5.52. The third-order valence-corrected chi connectivity index (χ3v) is 4.16. The molecule has 0 fully saturated rings. The van der Waals surface area contributed by atoms with Crippen molar-refractivity contribution < 1.29 is 4.39 Å². The van der Waals surface area contributed by atoms with Crippen molar-refractivity contribution in [2.45, 2.75) is 19.9 Å². The zero-order valence-corrected chi connectivity index (χ0v) is 12.9. The van der Waals surface area contributed by atoms with Gasteiger partial charge in [0.25, 0.3) is 0 Å². The van der Waals surface area contributed by atoms with E-state index in [1.807, 2.05) is 13.1 Å². The van der Waals surface area contributed by atoms with E-state index in [1.165, 1.54) is 22.8 Å². The first-order valence-electron chi connectivity index (χ1n) is 6.23. The zero-order valence-electron chi connectivity index (χ0n) is 11.3. The van der Waals surface area contributed by atoms with Gasteiger partial charge in [-0.1, -0.05) is 35.9 Å². The Hall–Kier alpha value is -1.19. The molecule has 0 bridgehead atoms. The molecule has 100 valence electrons. The van der Waals surface area contributed by atoms with Gasteiger partial charge in [-0.3, -0.25) is 0 Å². The number of hydrogen-bond donors (Lipinski definition) is 1. The summed E-state index contributed by atoms with van der Waals surface area (Å²) >= 11 is 3.35. The molecule has 0 radical (unpaired) electrons. The van der Waals surface area contributed by atoms with Crippen molar-refractivity contribution in [3.63, 3.8) is 0 Å². The van der Waals surface area contributed by atoms with Gasteiger partial charge in [-0.25, -0.2) is 4.39 Å². The predicted octanol–water partition coefficient (Wildman–Crippen LogP) is 4.51. The van der Waals surface area contributed by atoms with Crippen molar-refractivity contribution in [3.05, 3.63) is 68.9 Å². The molecule has 0 saturated carbocycles. The molecular weight excluding hydrogens is 305 g/mol. The lowest BCUT2D eigenvalue weighted by Gasteiger charge is -2.21. The van der Waals surface area contributed by atoms with Gasteiger partial charge >= 0.3 is 0 Å². The highest BCUT2D eigenvalue weighted by Gasteiger charge is 2.18. The maximum Gasteiger partial charge on any atom is 0.137 e. The molecule has 3 heteroatoms. The molecular formula is C16H17BrFN. The van der Waals surface area contributed by atoms with Crippen LogP contribution >= 0.6 is 15.9 Å². The fraction of sp³-hybridized carbons (Fsp3) is 0.250. The van der Waals surface area contributed by atoms with Gasteiger partial charge in [-0.2, -0.15) is 0 Å². The van der Waals surface area contributed by atoms with Crippen molar-refractivity contribution in [2.75, 3.05) is 7.05 Å². The summed E-state index contributed by atoms with van der Waals surface area (Å²) in [5.74, 6) is -0.233. The minimum atomic E-state index is -0.233. The molecule has 0 heterocycles. The minimum Gasteiger partial charge on any atom is -0.309 e. The second-order valence-electron chi connectivity index (χ2n) is 4.72. The van der Waals surface area contributed by atoms with Crippen molar-refractivity contribution in [2.24, 2.45) is 0 Å². The van der Waals surface area contributed by atoms with Gasteiger partial charge < -0.3 is 5.32 Å². The van der Waals surface area contributed by atoms with Crippen LogP contribution < -0.4 is 5.32 Å². The lowest BCUT2D eigenvalue weighted by molar-refractivity contribution is 0.607. The predicted molar refractivity (Wildman–Crippen MR) is 80.9 cm³/mol. The van der Waals surface area contributed by atoms with Crippen LogP contribution in [-0.2, 0) is 0 Å². The van der Waals surface area contributed by atoms with Crippen LogP contribution in [0.4, 0.5) is 4.39 Å². The lowest BCUT2D eigenvalue weighted by Crippen LogP contribution is -2.19. The number of aryl methyl sites for hydroxylation is 2. The molecule has 1 nitrogen and oxygen atoms in total. The van der Waals surface area contributed by atoms with Crippen LogP contribution in [0.2, 0.25) is 0 Å². The second kappa shape index (κ2) is 5.85. The van der Waals surface area contributed by atoms with Crippen LogP contribution in [0.3, 0.4) is 0 Å². The molecule has 0 amide bonds. The Kier molecular flexibility index (Phi) is 4.38. The fourth-order valence-electron chi connectivity index (χ4n) is 2.29. The normalized spacial score (nSPS) is 12.5. The van der Waals surface area contributed by atoms with Crippen LogP contribution in [0, 0.1) is 19.7 Å². The number of benzene rings is 2. The van der Waals surface area contributed by atoms with Crippen LogP contribution in [0.15, 0.2) is 40.9 Å². The molecule has 0 aliphatic carbocycles. The Morgan fingerprint density at radius 2 is 1.84 bits per heavy atom. The highest BCUT2D eigenvalue weighted by molar-refractivity contribution is 9.10. The van der Waals surface area contributed by atoms with E-state index in [-0.39, 0.29) is 11.9 Å². The number of nitrogens with one attached hydrogen (secondary N) is 1. The number of hydrogen-bond acceptors (Lipinski definition) is 1. The van der Waals surface area contributed by atoms with Crippen LogP contribution in [0.25, 0.3) is 0 Å². The summed E-state index contributed by atoms with van der Waals surface area (Å²) in [7, 11) is 1.89. The smallest absolute Gasteiger partial charge is 0.137 e. The molecule has 2 rings (SSSR count). The first kappa shape index (κ1) is 14.2. The third kappa shape index (κ3) is 2.88. The maximum atomic E-state index is 13.7. The summed E-state index contributed by atoms with van der Waals surface area (Å²) < 4.78 is 14.2. The Balaban J connectivity index is 2.56. The van der Waals surface area contributed by atoms with E-state index in [4.69, 9.17) is 0 Å². The van der Waals surface area contributed by atoms with E-state index in [9.17, 15) is 4.39 Å². The van der Waals surface area contributed by atoms with Gasteiger partial charge in [0.2, 0.25) is 0 Å². The Labute approximate surface area is 122 Å². The third-order valence-electron chi connectivity index (χ3n) is 3.33. The van der Waals surface area contributed by atoms with Crippen LogP contribution in [0.1, 0.15) is 28.3 Å². The van der Waals surface area contributed by atoms with E-state index >= 15 is 0 Å². The average molecular weight is 322 g/mol. The summed E-state index contributed by atoms with van der Waals surface area (Å²) in [6.45, 7) is 4.14. The van der Waals surface area contributed by atoms with E-state index in [0.29, 0.717) is 4.47 Å². The highest BCUT2D eigenvalue weighted by atomic mass is 79.9. The summed E-state index contributed by atoms with van der Waals surface area (Å²) in [6.07, 6.45) is 0. The zero-order chi connectivity index (χ0) is 14.0. The molecule has 1 unspecified atom stereocenters. The quantitative estimate of drug-likeness (QED) is 0.876. The van der Waals surface area contributed by atoms with Gasteiger partial charge in [0.1, 0.15) is 5.82 Å². The molecule has 1 N–H and O–H groups in total. The molecule has 0 aliphatic rings. The molecule has 19 heavy (non-hydrogen) atoms. The van der Waals surface area contributed by atoms with Gasteiger partial charge in [-0.15, -0.1) is 0 Å². The Morgan fingerprint density at radius 3 is 2.53 bits per heavy atom. The van der Waals surface area contributed by atoms with Crippen molar-refractivity contribution in [1.29, 1.82) is 0 Å². The maximum absolute atomic E-state index is 13.7. The summed E-state index contributed by atoms with van der Waals surface area (Å²) in [4.78, 5) is 0. The van der Waals surface area contributed by atoms with E-state index in [1.54, 1.807) is 6.07 Å². The van der Waals surface area contributed by atoms with E-state index < -0.39 is 0 Å². The molecule has 1 atom stereocenters. The van der Waals surface area contributed by atoms with Crippen molar-refractivity contribution in [3.8, 4) is 0 Å². The molecule has 2 aromatic rings. The molecule has 0 saturated heterocycles. The largest absolute Gasteiger partial charge is 0.309 e. The minimum absolute atomic E-state index is 0.0232.